The second kappa shape index (κ2) is 42.6. The first-order chi connectivity index (χ1) is 44.1. The SMILES string of the molecule is CC(C)[C@H](NC(=O)[C@H](CC(N)=O)NC(=O)[C@H](CCCNC(=N)N)NC(=O)[C@H](C)NC(=O)[C@H](C)NC(=O)[C@H](Cc1ccccc1)NC(=O)[C@H](CCCNC(=N)N)NC(=O)[C@H](C)NC(=O)CNC(=O)[C@H](CCCNC(=N)N)NC(=O)[C@H](CCC(=O)O)NC(=O)[C@@H](N)CO)C(=O)O. The van der Waals surface area contributed by atoms with Crippen LogP contribution in [-0.2, 0) is 73.5 Å². The lowest BCUT2D eigenvalue weighted by atomic mass is 10.0. The molecule has 0 fully saturated rings. The zero-order chi connectivity index (χ0) is 71.4. The number of carboxylic acids is 2. The van der Waals surface area contributed by atoms with Crippen LogP contribution in [0.25, 0.3) is 0 Å². The summed E-state index contributed by atoms with van der Waals surface area (Å²) in [5, 5.41) is 84.4. The number of amides is 12. The molecule has 0 unspecified atom stereocenters. The van der Waals surface area contributed by atoms with E-state index in [2.05, 4.69) is 74.4 Å². The van der Waals surface area contributed by atoms with Gasteiger partial charge in [-0.2, -0.15) is 0 Å². The van der Waals surface area contributed by atoms with E-state index in [1.54, 1.807) is 30.3 Å². The summed E-state index contributed by atoms with van der Waals surface area (Å²) in [7, 11) is 0. The van der Waals surface area contributed by atoms with Gasteiger partial charge in [0.05, 0.1) is 19.6 Å². The van der Waals surface area contributed by atoms with Gasteiger partial charge in [-0.05, 0) is 77.2 Å². The van der Waals surface area contributed by atoms with E-state index in [1.165, 1.54) is 34.6 Å². The van der Waals surface area contributed by atoms with Gasteiger partial charge in [0.25, 0.3) is 0 Å². The van der Waals surface area contributed by atoms with Crippen molar-refractivity contribution in [3.05, 3.63) is 35.9 Å². The predicted molar refractivity (Wildman–Crippen MR) is 335 cm³/mol. The molecule has 0 aromatic heterocycles. The number of nitrogens with one attached hydrogen (secondary N) is 17. The number of nitrogens with two attached hydrogens (primary N) is 5. The van der Waals surface area contributed by atoms with Crippen LogP contribution in [0.4, 0.5) is 0 Å². The molecule has 94 heavy (non-hydrogen) atoms. The zero-order valence-corrected chi connectivity index (χ0v) is 52.9. The third-order valence-electron chi connectivity index (χ3n) is 13.5. The molecule has 0 saturated heterocycles. The molecule has 11 atom stereocenters. The molecule has 0 heterocycles. The van der Waals surface area contributed by atoms with Gasteiger partial charge in [0.2, 0.25) is 70.9 Å². The number of guanidine groups is 3. The van der Waals surface area contributed by atoms with Crippen molar-refractivity contribution in [2.75, 3.05) is 32.8 Å². The van der Waals surface area contributed by atoms with Gasteiger partial charge in [-0.15, -0.1) is 0 Å². The predicted octanol–water partition coefficient (Wildman–Crippen LogP) is -9.16. The van der Waals surface area contributed by atoms with E-state index in [1.807, 2.05) is 0 Å². The fourth-order valence-corrected chi connectivity index (χ4v) is 8.37. The Morgan fingerprint density at radius 3 is 1.24 bits per heavy atom. The molecule has 0 aliphatic rings. The smallest absolute Gasteiger partial charge is 0.326 e. The normalized spacial score (nSPS) is 14.3. The Morgan fingerprint density at radius 2 is 0.819 bits per heavy atom. The first-order valence-corrected chi connectivity index (χ1v) is 29.7. The molecule has 0 aliphatic heterocycles. The lowest BCUT2D eigenvalue weighted by molar-refractivity contribution is -0.143. The Labute approximate surface area is 540 Å². The second-order valence-electron chi connectivity index (χ2n) is 21.9. The highest BCUT2D eigenvalue weighted by atomic mass is 16.4. The highest BCUT2D eigenvalue weighted by Gasteiger charge is 2.35. The van der Waals surface area contributed by atoms with Gasteiger partial charge in [0, 0.05) is 32.5 Å². The van der Waals surface area contributed by atoms with Crippen molar-refractivity contribution >= 4 is 101 Å². The van der Waals surface area contributed by atoms with Crippen LogP contribution in [0.1, 0.15) is 98.0 Å². The third-order valence-corrected chi connectivity index (χ3v) is 13.5. The molecule has 1 aromatic rings. The fourth-order valence-electron chi connectivity index (χ4n) is 8.37. The molecular weight excluding hydrogens is 1240 g/mol. The van der Waals surface area contributed by atoms with Crippen molar-refractivity contribution in [2.45, 2.75) is 165 Å². The van der Waals surface area contributed by atoms with Crippen LogP contribution < -0.4 is 103 Å². The molecule has 39 nitrogen and oxygen atoms in total. The minimum Gasteiger partial charge on any atom is -0.481 e. The average molecular weight is 1330 g/mol. The number of aliphatic hydroxyl groups excluding tert-OH is 1. The lowest BCUT2D eigenvalue weighted by Crippen LogP contribution is -2.60. The van der Waals surface area contributed by atoms with Crippen LogP contribution >= 0.6 is 0 Å². The largest absolute Gasteiger partial charge is 0.481 e. The van der Waals surface area contributed by atoms with E-state index in [4.69, 9.17) is 44.9 Å². The third kappa shape index (κ3) is 33.0. The van der Waals surface area contributed by atoms with E-state index in [9.17, 15) is 82.4 Å². The number of hydrogen-bond acceptors (Lipinski definition) is 19. The topological polar surface area (TPSA) is 670 Å². The van der Waals surface area contributed by atoms with Crippen LogP contribution in [0, 0.1) is 22.1 Å². The molecular formula is C55H92N22O17. The molecule has 1 rings (SSSR count). The summed E-state index contributed by atoms with van der Waals surface area (Å²) in [6.07, 6.45) is -2.29. The molecule has 0 spiro atoms. The molecule has 1 aromatic carbocycles. The fraction of sp³-hybridized carbons (Fsp3) is 0.582. The Bertz CT molecular complexity index is 2830. The van der Waals surface area contributed by atoms with Crippen LogP contribution in [0.2, 0.25) is 0 Å². The van der Waals surface area contributed by atoms with Crippen molar-refractivity contribution in [2.24, 2.45) is 34.6 Å². The lowest BCUT2D eigenvalue weighted by Gasteiger charge is -2.26. The van der Waals surface area contributed by atoms with Crippen molar-refractivity contribution in [1.29, 1.82) is 16.2 Å². The number of benzene rings is 1. The van der Waals surface area contributed by atoms with Crippen LogP contribution in [0.15, 0.2) is 30.3 Å². The number of aliphatic carboxylic acids is 2. The van der Waals surface area contributed by atoms with Gasteiger partial charge in [-0.3, -0.25) is 78.6 Å². The van der Waals surface area contributed by atoms with Crippen LogP contribution in [0.3, 0.4) is 0 Å². The van der Waals surface area contributed by atoms with Crippen LogP contribution in [0.5, 0.6) is 0 Å². The maximum Gasteiger partial charge on any atom is 0.326 e. The monoisotopic (exact) mass is 1330 g/mol. The highest BCUT2D eigenvalue weighted by molar-refractivity contribution is 5.99. The number of carbonyl (C=O) groups is 14. The zero-order valence-electron chi connectivity index (χ0n) is 52.9. The van der Waals surface area contributed by atoms with E-state index in [0.717, 1.165) is 0 Å². The molecule has 12 amide bonds. The molecule has 524 valence electrons. The van der Waals surface area contributed by atoms with Crippen molar-refractivity contribution in [3.8, 4) is 0 Å². The van der Waals surface area contributed by atoms with E-state index >= 15 is 0 Å². The Balaban J connectivity index is 3.37. The Morgan fingerprint density at radius 1 is 0.447 bits per heavy atom. The molecule has 30 N–H and O–H groups in total. The summed E-state index contributed by atoms with van der Waals surface area (Å²) in [4.78, 5) is 184. The number of aliphatic hydroxyl groups is 1. The Hall–Kier alpha value is -10.5. The highest BCUT2D eigenvalue weighted by Crippen LogP contribution is 2.10. The van der Waals surface area contributed by atoms with Crippen molar-refractivity contribution in [1.82, 2.24) is 74.4 Å². The first-order valence-electron chi connectivity index (χ1n) is 29.7. The number of rotatable bonds is 44. The summed E-state index contributed by atoms with van der Waals surface area (Å²) in [6.45, 7) is 5.20. The van der Waals surface area contributed by atoms with E-state index in [-0.39, 0.29) is 64.6 Å². The maximum atomic E-state index is 14.3. The van der Waals surface area contributed by atoms with Gasteiger partial charge in [-0.1, -0.05) is 44.2 Å². The van der Waals surface area contributed by atoms with Gasteiger partial charge in [-0.25, -0.2) is 4.79 Å². The minimum absolute atomic E-state index is 0.0276. The molecule has 39 heteroatoms. The summed E-state index contributed by atoms with van der Waals surface area (Å²) in [6, 6.07) is -8.09. The van der Waals surface area contributed by atoms with Crippen molar-refractivity contribution in [3.63, 3.8) is 0 Å². The van der Waals surface area contributed by atoms with Gasteiger partial charge in [0.15, 0.2) is 17.9 Å². The van der Waals surface area contributed by atoms with Gasteiger partial charge in [0.1, 0.15) is 66.5 Å². The summed E-state index contributed by atoms with van der Waals surface area (Å²) < 4.78 is 0. The summed E-state index contributed by atoms with van der Waals surface area (Å²) in [5.41, 5.74) is 27.5. The van der Waals surface area contributed by atoms with E-state index < -0.39 is 205 Å². The average Bonchev–Trinajstić information content (AvgIpc) is 0.907. The van der Waals surface area contributed by atoms with Crippen molar-refractivity contribution < 1.29 is 82.4 Å². The summed E-state index contributed by atoms with van der Waals surface area (Å²) in [5.74, 6) is -16.4. The molecule has 0 bridgehead atoms. The van der Waals surface area contributed by atoms with Gasteiger partial charge < -0.3 is 118 Å². The second-order valence-corrected chi connectivity index (χ2v) is 21.9. The van der Waals surface area contributed by atoms with Crippen LogP contribution in [-0.4, -0.2) is 215 Å². The molecule has 0 aliphatic carbocycles. The quantitative estimate of drug-likeness (QED) is 0.0164. The maximum absolute atomic E-state index is 14.3. The Kier molecular flexibility index (Phi) is 36.9. The number of primary amides is 1. The minimum atomic E-state index is -1.70. The van der Waals surface area contributed by atoms with E-state index in [0.29, 0.717) is 5.56 Å². The first kappa shape index (κ1) is 81.5. The number of carboxylic acid groups (broad SMARTS) is 2. The summed E-state index contributed by atoms with van der Waals surface area (Å²) >= 11 is 0. The van der Waals surface area contributed by atoms with Gasteiger partial charge >= 0.3 is 11.9 Å². The molecule has 0 saturated carbocycles. The number of hydrogen-bond donors (Lipinski definition) is 25. The molecule has 0 radical (unpaired) electrons. The number of carbonyl (C=O) groups excluding carboxylic acids is 12. The standard InChI is InChI=1S/C55H92N22O17/c1-26(2)41(52(93)94)77-51(92)37(23-38(57)79)76-48(89)34(16-11-21-66-55(62)63)72-44(85)29(5)69-42(83)28(4)70-50(91)36(22-30-12-7-6-8-13-30)75-47(88)33(15-10-20-65-54(60)61)71-43(84)27(3)68-39(80)24-67-46(87)32(14-9-19-64-53(58)59)74-49(90)35(17-18-40(81)82)73-45(86)31(56)25-78/h6-8,12-13,26-29,31-37,41,78H,9-11,14-25,56H2,1-5H3,(H2,57,79)(H,67,87)(H,68,80)(H,69,83)(H,70,91)(H,71,84)(H,72,85)(H,73,86)(H,74,90)(H,75,88)(H,76,89)(H,77,92)(H,81,82)(H,93,94)(H4,58,59,64)(H4,60,61,65)(H4,62,63,66)/t27-,28-,29-,31-,32-,33-,34-,35-,36-,37-,41-/m0/s1.